The minimum Gasteiger partial charge on any atom is -0.394 e. The zero-order valence-electron chi connectivity index (χ0n) is 9.62. The van der Waals surface area contributed by atoms with E-state index in [1.165, 1.54) is 0 Å². The molecule has 0 aliphatic carbocycles. The van der Waals surface area contributed by atoms with Gasteiger partial charge in [-0.05, 0) is 0 Å². The van der Waals surface area contributed by atoms with Crippen molar-refractivity contribution in [2.75, 3.05) is 13.2 Å². The quantitative estimate of drug-likeness (QED) is 0.362. The molecule has 5 N–H and O–H groups in total. The molecule has 18 heavy (non-hydrogen) atoms. The second-order valence-corrected chi connectivity index (χ2v) is 4.49. The Balaban J connectivity index is 1.77. The third kappa shape index (κ3) is 2.81. The second kappa shape index (κ2) is 5.76. The van der Waals surface area contributed by atoms with E-state index in [2.05, 4.69) is 0 Å². The SMILES string of the molecule is OC[C@H]1O[C@H](OC[C@@H]2C[C@H](O)[C@@H](O)O2)[C@@H](O)[C@@H]1O. The van der Waals surface area contributed by atoms with Crippen LogP contribution in [0.1, 0.15) is 6.42 Å². The Morgan fingerprint density at radius 2 is 1.78 bits per heavy atom. The van der Waals surface area contributed by atoms with Crippen LogP contribution in [0.5, 0.6) is 0 Å². The molecule has 2 aliphatic rings. The lowest BCUT2D eigenvalue weighted by Crippen LogP contribution is -2.35. The molecule has 2 saturated heterocycles. The minimum absolute atomic E-state index is 0.000710. The Labute approximate surface area is 103 Å². The van der Waals surface area contributed by atoms with E-state index < -0.39 is 49.7 Å². The Morgan fingerprint density at radius 1 is 1.06 bits per heavy atom. The Hall–Kier alpha value is -0.320. The van der Waals surface area contributed by atoms with Gasteiger partial charge in [-0.25, -0.2) is 0 Å². The molecule has 0 bridgehead atoms. The lowest BCUT2D eigenvalue weighted by Gasteiger charge is -2.18. The lowest BCUT2D eigenvalue weighted by molar-refractivity contribution is -0.195. The molecule has 8 nitrogen and oxygen atoms in total. The smallest absolute Gasteiger partial charge is 0.186 e. The largest absolute Gasteiger partial charge is 0.394 e. The van der Waals surface area contributed by atoms with Crippen molar-refractivity contribution in [3.8, 4) is 0 Å². The summed E-state index contributed by atoms with van der Waals surface area (Å²) in [7, 11) is 0. The molecule has 8 heteroatoms. The van der Waals surface area contributed by atoms with E-state index in [-0.39, 0.29) is 13.0 Å². The van der Waals surface area contributed by atoms with Crippen molar-refractivity contribution in [3.63, 3.8) is 0 Å². The average molecular weight is 266 g/mol. The van der Waals surface area contributed by atoms with E-state index in [4.69, 9.17) is 24.4 Å². The van der Waals surface area contributed by atoms with Gasteiger partial charge in [0.05, 0.1) is 19.3 Å². The Kier molecular flexibility index (Phi) is 4.51. The summed E-state index contributed by atoms with van der Waals surface area (Å²) in [6.45, 7) is -0.420. The van der Waals surface area contributed by atoms with Crippen LogP contribution in [0.2, 0.25) is 0 Å². The molecule has 0 aromatic heterocycles. The fraction of sp³-hybridized carbons (Fsp3) is 1.00. The summed E-state index contributed by atoms with van der Waals surface area (Å²) in [6.07, 6.45) is -6.88. The zero-order valence-corrected chi connectivity index (χ0v) is 9.62. The van der Waals surface area contributed by atoms with Crippen LogP contribution in [0.15, 0.2) is 0 Å². The van der Waals surface area contributed by atoms with Gasteiger partial charge in [-0.15, -0.1) is 0 Å². The molecule has 0 radical (unpaired) electrons. The summed E-state index contributed by atoms with van der Waals surface area (Å²) in [5, 5.41) is 46.3. The predicted molar refractivity (Wildman–Crippen MR) is 55.2 cm³/mol. The Bertz CT molecular complexity index is 265. The van der Waals surface area contributed by atoms with Crippen molar-refractivity contribution >= 4 is 0 Å². The van der Waals surface area contributed by atoms with Crippen LogP contribution in [0.4, 0.5) is 0 Å². The van der Waals surface area contributed by atoms with Gasteiger partial charge in [0.25, 0.3) is 0 Å². The summed E-state index contributed by atoms with van der Waals surface area (Å²) in [4.78, 5) is 0. The average Bonchev–Trinajstić information content (AvgIpc) is 2.80. The van der Waals surface area contributed by atoms with Crippen LogP contribution in [-0.4, -0.2) is 81.8 Å². The van der Waals surface area contributed by atoms with E-state index in [1.807, 2.05) is 0 Å². The van der Waals surface area contributed by atoms with Crippen molar-refractivity contribution in [1.82, 2.24) is 0 Å². The summed E-state index contributed by atoms with van der Waals surface area (Å²) in [5.41, 5.74) is 0. The standard InChI is InChI=1S/C10H18O8/c11-2-6-7(13)8(14)10(18-6)16-3-4-1-5(12)9(15)17-4/h4-15H,1-3H2/t4-,5-,6+,7+,8-,9-,10-/m0/s1. The van der Waals surface area contributed by atoms with Crippen molar-refractivity contribution < 1.29 is 39.7 Å². The molecule has 2 heterocycles. The molecule has 0 amide bonds. The molecular weight excluding hydrogens is 248 g/mol. The maximum absolute atomic E-state index is 9.59. The first-order valence-electron chi connectivity index (χ1n) is 5.78. The number of hydrogen-bond donors (Lipinski definition) is 5. The van der Waals surface area contributed by atoms with Crippen molar-refractivity contribution in [1.29, 1.82) is 0 Å². The van der Waals surface area contributed by atoms with Gasteiger partial charge >= 0.3 is 0 Å². The fourth-order valence-corrected chi connectivity index (χ4v) is 2.04. The molecule has 2 fully saturated rings. The van der Waals surface area contributed by atoms with Gasteiger partial charge in [-0.2, -0.15) is 0 Å². The molecule has 2 rings (SSSR count). The first-order valence-corrected chi connectivity index (χ1v) is 5.78. The maximum Gasteiger partial charge on any atom is 0.186 e. The second-order valence-electron chi connectivity index (χ2n) is 4.49. The van der Waals surface area contributed by atoms with Gasteiger partial charge < -0.3 is 39.7 Å². The van der Waals surface area contributed by atoms with Crippen LogP contribution >= 0.6 is 0 Å². The maximum atomic E-state index is 9.59. The highest BCUT2D eigenvalue weighted by molar-refractivity contribution is 4.86. The minimum atomic E-state index is -1.25. The number of hydrogen-bond acceptors (Lipinski definition) is 8. The molecule has 2 aliphatic heterocycles. The van der Waals surface area contributed by atoms with Gasteiger partial charge in [0.1, 0.15) is 24.4 Å². The van der Waals surface area contributed by atoms with Crippen LogP contribution in [0.25, 0.3) is 0 Å². The van der Waals surface area contributed by atoms with Gasteiger partial charge in [-0.3, -0.25) is 0 Å². The molecule has 106 valence electrons. The fourth-order valence-electron chi connectivity index (χ4n) is 2.04. The van der Waals surface area contributed by atoms with Crippen molar-refractivity contribution in [2.45, 2.75) is 49.5 Å². The molecule has 0 spiro atoms. The summed E-state index contributed by atoms with van der Waals surface area (Å²) in [5.74, 6) is 0. The van der Waals surface area contributed by atoms with E-state index in [0.717, 1.165) is 0 Å². The highest BCUT2D eigenvalue weighted by Gasteiger charge is 2.43. The highest BCUT2D eigenvalue weighted by Crippen LogP contribution is 2.24. The van der Waals surface area contributed by atoms with Crippen LogP contribution < -0.4 is 0 Å². The summed E-state index contributed by atoms with van der Waals surface area (Å²) in [6, 6.07) is 0. The molecule has 7 atom stereocenters. The molecule has 0 unspecified atom stereocenters. The number of rotatable bonds is 4. The first-order chi connectivity index (χ1) is 8.52. The van der Waals surface area contributed by atoms with E-state index in [9.17, 15) is 15.3 Å². The molecule has 0 aromatic carbocycles. The summed E-state index contributed by atoms with van der Waals surface area (Å²) >= 11 is 0. The van der Waals surface area contributed by atoms with Crippen LogP contribution in [-0.2, 0) is 14.2 Å². The predicted octanol–water partition coefficient (Wildman–Crippen LogP) is -3.09. The zero-order chi connectivity index (χ0) is 13.3. The van der Waals surface area contributed by atoms with Crippen molar-refractivity contribution in [2.24, 2.45) is 0 Å². The molecular formula is C10H18O8. The van der Waals surface area contributed by atoms with Crippen molar-refractivity contribution in [3.05, 3.63) is 0 Å². The lowest BCUT2D eigenvalue weighted by atomic mass is 10.1. The highest BCUT2D eigenvalue weighted by atomic mass is 16.7. The Morgan fingerprint density at radius 3 is 2.28 bits per heavy atom. The van der Waals surface area contributed by atoms with E-state index in [1.54, 1.807) is 0 Å². The molecule has 0 aromatic rings. The topological polar surface area (TPSA) is 129 Å². The van der Waals surface area contributed by atoms with E-state index >= 15 is 0 Å². The van der Waals surface area contributed by atoms with Crippen LogP contribution in [0, 0.1) is 0 Å². The van der Waals surface area contributed by atoms with Crippen LogP contribution in [0.3, 0.4) is 0 Å². The third-order valence-electron chi connectivity index (χ3n) is 3.11. The van der Waals surface area contributed by atoms with Gasteiger partial charge in [0, 0.05) is 6.42 Å². The normalized spacial score (nSPS) is 48.8. The van der Waals surface area contributed by atoms with Gasteiger partial charge in [-0.1, -0.05) is 0 Å². The third-order valence-corrected chi connectivity index (χ3v) is 3.11. The van der Waals surface area contributed by atoms with Gasteiger partial charge in [0.15, 0.2) is 12.6 Å². The van der Waals surface area contributed by atoms with Gasteiger partial charge in [0.2, 0.25) is 0 Å². The first kappa shape index (κ1) is 14.1. The number of aliphatic hydroxyl groups excluding tert-OH is 5. The molecule has 0 saturated carbocycles. The summed E-state index contributed by atoms with van der Waals surface area (Å²) < 4.78 is 15.3. The number of aliphatic hydroxyl groups is 5. The monoisotopic (exact) mass is 266 g/mol. The number of ether oxygens (including phenoxy) is 3. The van der Waals surface area contributed by atoms with E-state index in [0.29, 0.717) is 0 Å².